The maximum Gasteiger partial charge on any atom is 0.0670 e. The van der Waals surface area contributed by atoms with E-state index >= 15 is 0 Å². The number of rotatable bonds is 4. The SMILES string of the molecule is Clc1ccc([C@@H]2CN(Cc3cccnc3)CCN2c2ccc(Cl)cc2Cl)cc1. The van der Waals surface area contributed by atoms with Crippen LogP contribution in [0.4, 0.5) is 5.69 Å². The monoisotopic (exact) mass is 431 g/mol. The van der Waals surface area contributed by atoms with Crippen LogP contribution in [-0.4, -0.2) is 29.5 Å². The van der Waals surface area contributed by atoms with Gasteiger partial charge in [-0.25, -0.2) is 0 Å². The normalized spacial score (nSPS) is 17.7. The number of hydrogen-bond donors (Lipinski definition) is 0. The van der Waals surface area contributed by atoms with Gasteiger partial charge in [-0.05, 0) is 47.5 Å². The highest BCUT2D eigenvalue weighted by Gasteiger charge is 2.29. The van der Waals surface area contributed by atoms with Crippen LogP contribution < -0.4 is 4.90 Å². The van der Waals surface area contributed by atoms with Crippen molar-refractivity contribution < 1.29 is 0 Å². The summed E-state index contributed by atoms with van der Waals surface area (Å²) in [5.41, 5.74) is 3.44. The Kier molecular flexibility index (Phi) is 6.07. The second kappa shape index (κ2) is 8.71. The number of hydrogen-bond acceptors (Lipinski definition) is 3. The molecule has 144 valence electrons. The van der Waals surface area contributed by atoms with E-state index in [-0.39, 0.29) is 6.04 Å². The highest BCUT2D eigenvalue weighted by atomic mass is 35.5. The number of aromatic nitrogens is 1. The summed E-state index contributed by atoms with van der Waals surface area (Å²) in [6.45, 7) is 3.57. The fourth-order valence-electron chi connectivity index (χ4n) is 3.71. The van der Waals surface area contributed by atoms with Crippen molar-refractivity contribution in [2.45, 2.75) is 12.6 Å². The summed E-state index contributed by atoms with van der Waals surface area (Å²) in [6, 6.07) is 18.0. The van der Waals surface area contributed by atoms with E-state index in [9.17, 15) is 0 Å². The van der Waals surface area contributed by atoms with Crippen molar-refractivity contribution in [3.8, 4) is 0 Å². The van der Waals surface area contributed by atoms with E-state index in [1.165, 1.54) is 11.1 Å². The summed E-state index contributed by atoms with van der Waals surface area (Å²) < 4.78 is 0. The molecule has 1 aliphatic rings. The molecule has 0 aliphatic carbocycles. The summed E-state index contributed by atoms with van der Waals surface area (Å²) in [7, 11) is 0. The Labute approximate surface area is 180 Å². The smallest absolute Gasteiger partial charge is 0.0670 e. The van der Waals surface area contributed by atoms with Gasteiger partial charge in [0.1, 0.15) is 0 Å². The number of halogens is 3. The third-order valence-electron chi connectivity index (χ3n) is 5.07. The standard InChI is InChI=1S/C22H20Cl3N3/c23-18-5-3-17(4-6-18)22-15-27(14-16-2-1-9-26-13-16)10-11-28(22)21-8-7-19(24)12-20(21)25/h1-9,12-13,22H,10-11,14-15H2/t22-/m0/s1. The number of pyridine rings is 1. The molecular weight excluding hydrogens is 413 g/mol. The van der Waals surface area contributed by atoms with Crippen LogP contribution in [0.2, 0.25) is 15.1 Å². The summed E-state index contributed by atoms with van der Waals surface area (Å²) in [6.07, 6.45) is 3.74. The van der Waals surface area contributed by atoms with Gasteiger partial charge < -0.3 is 4.90 Å². The highest BCUT2D eigenvalue weighted by Crippen LogP contribution is 2.37. The first-order valence-corrected chi connectivity index (χ1v) is 10.3. The Hall–Kier alpha value is -1.78. The second-order valence-corrected chi connectivity index (χ2v) is 8.23. The number of benzene rings is 2. The van der Waals surface area contributed by atoms with Crippen molar-refractivity contribution >= 4 is 40.5 Å². The van der Waals surface area contributed by atoms with E-state index in [0.717, 1.165) is 36.9 Å². The first kappa shape index (κ1) is 19.5. The molecule has 6 heteroatoms. The number of nitrogens with zero attached hydrogens (tertiary/aromatic N) is 3. The quantitative estimate of drug-likeness (QED) is 0.496. The maximum absolute atomic E-state index is 6.54. The summed E-state index contributed by atoms with van der Waals surface area (Å²) in [4.78, 5) is 9.06. The molecule has 1 atom stereocenters. The molecular formula is C22H20Cl3N3. The molecule has 3 nitrogen and oxygen atoms in total. The molecule has 0 bridgehead atoms. The summed E-state index contributed by atoms with van der Waals surface area (Å²) >= 11 is 18.8. The predicted octanol–water partition coefficient (Wildman–Crippen LogP) is 6.11. The zero-order chi connectivity index (χ0) is 19.5. The molecule has 28 heavy (non-hydrogen) atoms. The fraction of sp³-hybridized carbons (Fsp3) is 0.227. The second-order valence-electron chi connectivity index (χ2n) is 6.95. The predicted molar refractivity (Wildman–Crippen MR) is 118 cm³/mol. The lowest BCUT2D eigenvalue weighted by atomic mass is 10.0. The van der Waals surface area contributed by atoms with Gasteiger partial charge in [0, 0.05) is 48.6 Å². The fourth-order valence-corrected chi connectivity index (χ4v) is 4.35. The van der Waals surface area contributed by atoms with Crippen LogP contribution in [0.5, 0.6) is 0 Å². The van der Waals surface area contributed by atoms with Gasteiger partial charge in [0.05, 0.1) is 16.8 Å². The molecule has 0 spiro atoms. The average Bonchev–Trinajstić information content (AvgIpc) is 2.70. The first-order valence-electron chi connectivity index (χ1n) is 9.18. The Bertz CT molecular complexity index is 932. The van der Waals surface area contributed by atoms with Crippen LogP contribution in [0.1, 0.15) is 17.2 Å². The van der Waals surface area contributed by atoms with Gasteiger partial charge in [0.25, 0.3) is 0 Å². The molecule has 1 saturated heterocycles. The first-order chi connectivity index (χ1) is 13.6. The van der Waals surface area contributed by atoms with E-state index in [1.54, 1.807) is 12.3 Å². The minimum Gasteiger partial charge on any atom is -0.361 e. The Morgan fingerprint density at radius 1 is 0.929 bits per heavy atom. The van der Waals surface area contributed by atoms with Crippen molar-refractivity contribution in [3.63, 3.8) is 0 Å². The van der Waals surface area contributed by atoms with Crippen LogP contribution in [0.3, 0.4) is 0 Å². The molecule has 1 fully saturated rings. The summed E-state index contributed by atoms with van der Waals surface area (Å²) in [5.74, 6) is 0. The lowest BCUT2D eigenvalue weighted by Crippen LogP contribution is -2.48. The van der Waals surface area contributed by atoms with Gasteiger partial charge >= 0.3 is 0 Å². The zero-order valence-electron chi connectivity index (χ0n) is 15.2. The molecule has 0 unspecified atom stereocenters. The van der Waals surface area contributed by atoms with E-state index in [4.69, 9.17) is 34.8 Å². The molecule has 0 N–H and O–H groups in total. The van der Waals surface area contributed by atoms with E-state index in [1.807, 2.05) is 36.5 Å². The van der Waals surface area contributed by atoms with E-state index < -0.39 is 0 Å². The molecule has 2 heterocycles. The van der Waals surface area contributed by atoms with Crippen LogP contribution in [0, 0.1) is 0 Å². The molecule has 3 aromatic rings. The van der Waals surface area contributed by atoms with Crippen LogP contribution in [-0.2, 0) is 6.54 Å². The van der Waals surface area contributed by atoms with E-state index in [0.29, 0.717) is 10.0 Å². The third kappa shape index (κ3) is 4.44. The lowest BCUT2D eigenvalue weighted by molar-refractivity contribution is 0.215. The number of anilines is 1. The van der Waals surface area contributed by atoms with Crippen molar-refractivity contribution in [1.29, 1.82) is 0 Å². The minimum absolute atomic E-state index is 0.168. The Morgan fingerprint density at radius 3 is 2.43 bits per heavy atom. The summed E-state index contributed by atoms with van der Waals surface area (Å²) in [5, 5.41) is 2.06. The van der Waals surface area contributed by atoms with E-state index in [2.05, 4.69) is 33.0 Å². The molecule has 2 aromatic carbocycles. The number of piperazine rings is 1. The Morgan fingerprint density at radius 2 is 1.71 bits per heavy atom. The van der Waals surface area contributed by atoms with Gasteiger partial charge in [-0.3, -0.25) is 9.88 Å². The topological polar surface area (TPSA) is 19.4 Å². The molecule has 0 amide bonds. The average molecular weight is 433 g/mol. The van der Waals surface area contributed by atoms with Crippen LogP contribution in [0.25, 0.3) is 0 Å². The Balaban J connectivity index is 1.63. The molecule has 0 saturated carbocycles. The largest absolute Gasteiger partial charge is 0.361 e. The molecule has 4 rings (SSSR count). The van der Waals surface area contributed by atoms with Gasteiger partial charge in [0.15, 0.2) is 0 Å². The molecule has 1 aromatic heterocycles. The van der Waals surface area contributed by atoms with Crippen molar-refractivity contribution in [1.82, 2.24) is 9.88 Å². The zero-order valence-corrected chi connectivity index (χ0v) is 17.5. The maximum atomic E-state index is 6.54. The molecule has 0 radical (unpaired) electrons. The lowest BCUT2D eigenvalue weighted by Gasteiger charge is -2.43. The van der Waals surface area contributed by atoms with Gasteiger partial charge in [-0.1, -0.05) is 53.0 Å². The third-order valence-corrected chi connectivity index (χ3v) is 5.86. The van der Waals surface area contributed by atoms with Gasteiger partial charge in [-0.15, -0.1) is 0 Å². The van der Waals surface area contributed by atoms with Crippen LogP contribution >= 0.6 is 34.8 Å². The van der Waals surface area contributed by atoms with Crippen LogP contribution in [0.15, 0.2) is 67.0 Å². The van der Waals surface area contributed by atoms with Crippen molar-refractivity contribution in [2.75, 3.05) is 24.5 Å². The highest BCUT2D eigenvalue weighted by molar-refractivity contribution is 6.36. The molecule has 1 aliphatic heterocycles. The minimum atomic E-state index is 0.168. The van der Waals surface area contributed by atoms with Gasteiger partial charge in [-0.2, -0.15) is 0 Å². The van der Waals surface area contributed by atoms with Gasteiger partial charge in [0.2, 0.25) is 0 Å². The van der Waals surface area contributed by atoms with Crippen molar-refractivity contribution in [3.05, 3.63) is 93.2 Å². The van der Waals surface area contributed by atoms with Crippen molar-refractivity contribution in [2.24, 2.45) is 0 Å².